The number of amides is 1. The summed E-state index contributed by atoms with van der Waals surface area (Å²) in [4.78, 5) is 17.2. The summed E-state index contributed by atoms with van der Waals surface area (Å²) in [6, 6.07) is 20.9. The number of carbonyl (C=O) groups excluding carboxylic acids is 1. The van der Waals surface area contributed by atoms with Crippen LogP contribution in [0.5, 0.6) is 0 Å². The Kier molecular flexibility index (Phi) is 4.72. The van der Waals surface area contributed by atoms with E-state index in [1.165, 1.54) is 45.7 Å². The van der Waals surface area contributed by atoms with E-state index in [2.05, 4.69) is 46.7 Å². The number of hydrogen-bond donors (Lipinski definition) is 1. The van der Waals surface area contributed by atoms with Crippen molar-refractivity contribution >= 4 is 32.2 Å². The Morgan fingerprint density at radius 3 is 2.55 bits per heavy atom. The van der Waals surface area contributed by atoms with Crippen molar-refractivity contribution in [2.75, 3.05) is 11.6 Å². The molecule has 31 heavy (non-hydrogen) atoms. The number of anilines is 1. The molecular weight excluding hydrogens is 428 g/mol. The van der Waals surface area contributed by atoms with Crippen LogP contribution in [-0.4, -0.2) is 25.6 Å². The van der Waals surface area contributed by atoms with Crippen LogP contribution in [0.4, 0.5) is 5.13 Å². The minimum atomic E-state index is -3.51. The van der Waals surface area contributed by atoms with Crippen LogP contribution in [0.1, 0.15) is 21.5 Å². The first-order valence-electron chi connectivity index (χ1n) is 9.68. The summed E-state index contributed by atoms with van der Waals surface area (Å²) in [7, 11) is -3.51. The fraction of sp³-hybridized carbons (Fsp3) is 0.0833. The summed E-state index contributed by atoms with van der Waals surface area (Å²) < 4.78 is 24.0. The van der Waals surface area contributed by atoms with E-state index in [9.17, 15) is 13.2 Å². The van der Waals surface area contributed by atoms with Crippen molar-refractivity contribution in [1.82, 2.24) is 4.98 Å². The van der Waals surface area contributed by atoms with Crippen LogP contribution in [0.15, 0.2) is 77.0 Å². The van der Waals surface area contributed by atoms with Gasteiger partial charge in [-0.15, -0.1) is 11.3 Å². The van der Waals surface area contributed by atoms with Gasteiger partial charge in [-0.3, -0.25) is 10.1 Å². The second-order valence-electron chi connectivity index (χ2n) is 7.47. The second-order valence-corrected chi connectivity index (χ2v) is 10.3. The molecular formula is C24H18N2O3S2. The minimum absolute atomic E-state index is 0.00229. The van der Waals surface area contributed by atoms with E-state index >= 15 is 0 Å². The predicted octanol–water partition coefficient (Wildman–Crippen LogP) is 5.04. The molecule has 0 radical (unpaired) electrons. The molecule has 1 amide bonds. The average molecular weight is 447 g/mol. The molecule has 0 atom stereocenters. The zero-order chi connectivity index (χ0) is 21.6. The van der Waals surface area contributed by atoms with Crippen LogP contribution >= 0.6 is 11.3 Å². The fourth-order valence-electron chi connectivity index (χ4n) is 3.91. The summed E-state index contributed by atoms with van der Waals surface area (Å²) in [5, 5.41) is 5.05. The van der Waals surface area contributed by atoms with Gasteiger partial charge in [-0.2, -0.15) is 0 Å². The van der Waals surface area contributed by atoms with Gasteiger partial charge in [0.25, 0.3) is 5.91 Å². The Morgan fingerprint density at radius 1 is 0.968 bits per heavy atom. The first kappa shape index (κ1) is 19.7. The number of hydrogen-bond acceptors (Lipinski definition) is 5. The summed E-state index contributed by atoms with van der Waals surface area (Å²) in [6.07, 6.45) is 1.99. The molecule has 0 aliphatic heterocycles. The summed E-state index contributed by atoms with van der Waals surface area (Å²) in [5.74, 6) is -0.494. The molecule has 4 aromatic rings. The van der Waals surface area contributed by atoms with Gasteiger partial charge in [0.2, 0.25) is 0 Å². The van der Waals surface area contributed by atoms with Gasteiger partial charge < -0.3 is 0 Å². The van der Waals surface area contributed by atoms with Crippen molar-refractivity contribution in [1.29, 1.82) is 0 Å². The molecule has 0 fully saturated rings. The third-order valence-corrected chi connectivity index (χ3v) is 7.26. The number of sulfone groups is 1. The highest BCUT2D eigenvalue weighted by Crippen LogP contribution is 2.38. The molecule has 1 heterocycles. The molecule has 0 unspecified atom stereocenters. The molecule has 1 aliphatic rings. The molecule has 1 aliphatic carbocycles. The lowest BCUT2D eigenvalue weighted by molar-refractivity contribution is 0.102. The molecule has 3 aromatic carbocycles. The average Bonchev–Trinajstić information content (AvgIpc) is 3.37. The quantitative estimate of drug-likeness (QED) is 0.420. The number of benzene rings is 3. The van der Waals surface area contributed by atoms with E-state index in [-0.39, 0.29) is 10.5 Å². The topological polar surface area (TPSA) is 76.1 Å². The van der Waals surface area contributed by atoms with Crippen molar-refractivity contribution in [2.24, 2.45) is 0 Å². The van der Waals surface area contributed by atoms with Crippen LogP contribution in [0.2, 0.25) is 0 Å². The Labute approximate surface area is 184 Å². The Bertz CT molecular complexity index is 1440. The lowest BCUT2D eigenvalue weighted by atomic mass is 10.0. The molecule has 0 saturated heterocycles. The maximum absolute atomic E-state index is 12.7. The number of rotatable bonds is 4. The van der Waals surface area contributed by atoms with Crippen LogP contribution in [-0.2, 0) is 16.3 Å². The number of thiazole rings is 1. The SMILES string of the molecule is CS(=O)(=O)c1ccccc1C(=O)Nc1nc(-c2ccc3c(c2)Cc2ccccc2-3)cs1. The molecule has 1 N–H and O–H groups in total. The normalized spacial score (nSPS) is 12.3. The van der Waals surface area contributed by atoms with Gasteiger partial charge in [0.1, 0.15) is 0 Å². The van der Waals surface area contributed by atoms with E-state index in [0.29, 0.717) is 5.13 Å². The van der Waals surface area contributed by atoms with E-state index in [0.717, 1.165) is 23.9 Å². The minimum Gasteiger partial charge on any atom is -0.298 e. The first-order valence-corrected chi connectivity index (χ1v) is 12.4. The lowest BCUT2D eigenvalue weighted by Crippen LogP contribution is -2.15. The number of nitrogens with one attached hydrogen (secondary N) is 1. The van der Waals surface area contributed by atoms with Crippen molar-refractivity contribution in [3.8, 4) is 22.4 Å². The Morgan fingerprint density at radius 2 is 1.71 bits per heavy atom. The van der Waals surface area contributed by atoms with Crippen LogP contribution in [0, 0.1) is 0 Å². The predicted molar refractivity (Wildman–Crippen MR) is 123 cm³/mol. The molecule has 0 saturated carbocycles. The highest BCUT2D eigenvalue weighted by molar-refractivity contribution is 7.90. The third-order valence-electron chi connectivity index (χ3n) is 5.35. The molecule has 0 bridgehead atoms. The first-order chi connectivity index (χ1) is 14.9. The number of carbonyl (C=O) groups is 1. The molecule has 154 valence electrons. The number of fused-ring (bicyclic) bond motifs is 3. The van der Waals surface area contributed by atoms with Crippen molar-refractivity contribution in [2.45, 2.75) is 11.3 Å². The Balaban J connectivity index is 1.40. The van der Waals surface area contributed by atoms with Gasteiger partial charge in [0, 0.05) is 17.2 Å². The highest BCUT2D eigenvalue weighted by Gasteiger charge is 2.21. The Hall–Kier alpha value is -3.29. The van der Waals surface area contributed by atoms with Gasteiger partial charge in [-0.25, -0.2) is 13.4 Å². The highest BCUT2D eigenvalue weighted by atomic mass is 32.2. The summed E-state index contributed by atoms with van der Waals surface area (Å²) >= 11 is 1.31. The monoisotopic (exact) mass is 446 g/mol. The maximum Gasteiger partial charge on any atom is 0.258 e. The molecule has 5 rings (SSSR count). The van der Waals surface area contributed by atoms with Crippen molar-refractivity contribution < 1.29 is 13.2 Å². The van der Waals surface area contributed by atoms with Gasteiger partial charge in [0.05, 0.1) is 16.2 Å². The van der Waals surface area contributed by atoms with Crippen molar-refractivity contribution in [3.05, 3.63) is 88.8 Å². The van der Waals surface area contributed by atoms with E-state index in [1.807, 2.05) is 11.4 Å². The van der Waals surface area contributed by atoms with Crippen LogP contribution in [0.3, 0.4) is 0 Å². The van der Waals surface area contributed by atoms with Gasteiger partial charge in [0.15, 0.2) is 15.0 Å². The smallest absolute Gasteiger partial charge is 0.258 e. The van der Waals surface area contributed by atoms with E-state index < -0.39 is 15.7 Å². The molecule has 7 heteroatoms. The van der Waals surface area contributed by atoms with Gasteiger partial charge >= 0.3 is 0 Å². The zero-order valence-corrected chi connectivity index (χ0v) is 18.3. The second kappa shape index (κ2) is 7.44. The summed E-state index contributed by atoms with van der Waals surface area (Å²) in [6.45, 7) is 0. The largest absolute Gasteiger partial charge is 0.298 e. The van der Waals surface area contributed by atoms with E-state index in [4.69, 9.17) is 0 Å². The molecule has 5 nitrogen and oxygen atoms in total. The van der Waals surface area contributed by atoms with Gasteiger partial charge in [-0.1, -0.05) is 48.5 Å². The van der Waals surface area contributed by atoms with Crippen LogP contribution in [0.25, 0.3) is 22.4 Å². The third kappa shape index (κ3) is 3.66. The van der Waals surface area contributed by atoms with Crippen molar-refractivity contribution in [3.63, 3.8) is 0 Å². The maximum atomic E-state index is 12.7. The van der Waals surface area contributed by atoms with Gasteiger partial charge in [-0.05, 0) is 46.9 Å². The molecule has 1 aromatic heterocycles. The lowest BCUT2D eigenvalue weighted by Gasteiger charge is -2.07. The fourth-order valence-corrected chi connectivity index (χ4v) is 5.51. The summed E-state index contributed by atoms with van der Waals surface area (Å²) in [5.41, 5.74) is 6.98. The molecule has 0 spiro atoms. The zero-order valence-electron chi connectivity index (χ0n) is 16.6. The van der Waals surface area contributed by atoms with E-state index in [1.54, 1.807) is 12.1 Å². The number of nitrogens with zero attached hydrogens (tertiary/aromatic N) is 1. The number of aromatic nitrogens is 1. The van der Waals surface area contributed by atoms with Crippen LogP contribution < -0.4 is 5.32 Å². The standard InChI is InChI=1S/C24H18N2O3S2/c1-31(28,29)22-9-5-4-8-20(22)23(27)26-24-25-21(14-30-24)16-10-11-19-17(13-16)12-15-6-2-3-7-18(15)19/h2-11,13-14H,12H2,1H3,(H,25,26,27).